The Balaban J connectivity index is 1.50. The van der Waals surface area contributed by atoms with Gasteiger partial charge in [0, 0.05) is 19.6 Å². The second-order valence-corrected chi connectivity index (χ2v) is 6.69. The maximum Gasteiger partial charge on any atom is 0.119 e. The van der Waals surface area contributed by atoms with E-state index in [1.807, 2.05) is 29.2 Å². The van der Waals surface area contributed by atoms with Crippen LogP contribution in [0.3, 0.4) is 0 Å². The summed E-state index contributed by atoms with van der Waals surface area (Å²) in [6.45, 7) is 2.04. The van der Waals surface area contributed by atoms with Crippen molar-refractivity contribution >= 4 is 0 Å². The number of hydrogen-bond acceptors (Lipinski definition) is 4. The molecule has 2 N–H and O–H groups in total. The highest BCUT2D eigenvalue weighted by molar-refractivity contribution is 5.38. The van der Waals surface area contributed by atoms with E-state index in [9.17, 15) is 10.2 Å². The summed E-state index contributed by atoms with van der Waals surface area (Å²) in [5.74, 6) is 0.830. The van der Waals surface area contributed by atoms with E-state index in [2.05, 4.69) is 24.3 Å². The number of rotatable bonds is 9. The summed E-state index contributed by atoms with van der Waals surface area (Å²) < 4.78 is 5.78. The zero-order valence-corrected chi connectivity index (χ0v) is 14.6. The minimum Gasteiger partial charge on any atom is -0.491 e. The highest BCUT2D eigenvalue weighted by Crippen LogP contribution is 2.26. The van der Waals surface area contributed by atoms with E-state index in [4.69, 9.17) is 4.74 Å². The van der Waals surface area contributed by atoms with Crippen molar-refractivity contribution in [2.75, 3.05) is 26.3 Å². The van der Waals surface area contributed by atoms with E-state index in [0.29, 0.717) is 19.6 Å². The molecule has 0 spiro atoms. The molecular weight excluding hydrogens is 314 g/mol. The molecule has 0 fully saturated rings. The van der Waals surface area contributed by atoms with Crippen LogP contribution in [-0.2, 0) is 19.4 Å². The monoisotopic (exact) mass is 341 g/mol. The van der Waals surface area contributed by atoms with Crippen LogP contribution in [0.5, 0.6) is 5.75 Å². The number of fused-ring (bicyclic) bond motifs is 1. The van der Waals surface area contributed by atoms with Crippen molar-refractivity contribution in [3.05, 3.63) is 65.2 Å². The van der Waals surface area contributed by atoms with Gasteiger partial charge in [0.2, 0.25) is 0 Å². The molecule has 1 atom stereocenters. The number of aliphatic hydroxyl groups excluding tert-OH is 2. The summed E-state index contributed by atoms with van der Waals surface area (Å²) in [5, 5.41) is 19.6. The molecule has 4 nitrogen and oxygen atoms in total. The maximum atomic E-state index is 10.3. The first-order chi connectivity index (χ1) is 12.2. The van der Waals surface area contributed by atoms with Crippen molar-refractivity contribution in [1.29, 1.82) is 0 Å². The molecule has 4 heteroatoms. The molecule has 0 bridgehead atoms. The third-order valence-electron chi connectivity index (χ3n) is 4.65. The Morgan fingerprint density at radius 3 is 2.64 bits per heavy atom. The fourth-order valence-electron chi connectivity index (χ4n) is 3.40. The van der Waals surface area contributed by atoms with Crippen LogP contribution in [0.2, 0.25) is 0 Å². The Hall–Kier alpha value is -1.88. The number of aliphatic hydroxyl groups is 2. The van der Waals surface area contributed by atoms with Crippen molar-refractivity contribution in [1.82, 2.24) is 4.90 Å². The lowest BCUT2D eigenvalue weighted by Gasteiger charge is -2.24. The van der Waals surface area contributed by atoms with Crippen molar-refractivity contribution in [2.24, 2.45) is 0 Å². The van der Waals surface area contributed by atoms with Gasteiger partial charge in [-0.3, -0.25) is 4.90 Å². The summed E-state index contributed by atoms with van der Waals surface area (Å²) in [6, 6.07) is 16.3. The van der Waals surface area contributed by atoms with Gasteiger partial charge in [0.25, 0.3) is 0 Å². The molecule has 0 heterocycles. The molecule has 1 unspecified atom stereocenters. The average Bonchev–Trinajstić information content (AvgIpc) is 3.09. The molecule has 2 aromatic rings. The van der Waals surface area contributed by atoms with E-state index in [-0.39, 0.29) is 13.2 Å². The fourth-order valence-corrected chi connectivity index (χ4v) is 3.40. The largest absolute Gasteiger partial charge is 0.491 e. The fraction of sp³-hybridized carbons (Fsp3) is 0.429. The van der Waals surface area contributed by atoms with E-state index in [1.54, 1.807) is 0 Å². The van der Waals surface area contributed by atoms with Gasteiger partial charge in [0.15, 0.2) is 0 Å². The van der Waals surface area contributed by atoms with E-state index >= 15 is 0 Å². The summed E-state index contributed by atoms with van der Waals surface area (Å²) in [7, 11) is 0. The number of aryl methyl sites for hydroxylation is 2. The first-order valence-electron chi connectivity index (χ1n) is 9.04. The topological polar surface area (TPSA) is 52.9 Å². The molecule has 0 aliphatic heterocycles. The number of ether oxygens (including phenoxy) is 1. The lowest BCUT2D eigenvalue weighted by atomic mass is 10.1. The predicted octanol–water partition coefficient (Wildman–Crippen LogP) is 2.41. The summed E-state index contributed by atoms with van der Waals surface area (Å²) in [4.78, 5) is 2.05. The molecule has 0 amide bonds. The summed E-state index contributed by atoms with van der Waals surface area (Å²) >= 11 is 0. The smallest absolute Gasteiger partial charge is 0.119 e. The van der Waals surface area contributed by atoms with Gasteiger partial charge in [-0.2, -0.15) is 0 Å². The predicted molar refractivity (Wildman–Crippen MR) is 98.8 cm³/mol. The van der Waals surface area contributed by atoms with Gasteiger partial charge < -0.3 is 14.9 Å². The number of nitrogens with zero attached hydrogens (tertiary/aromatic N) is 1. The van der Waals surface area contributed by atoms with Gasteiger partial charge in [0.1, 0.15) is 18.5 Å². The molecule has 134 valence electrons. The third-order valence-corrected chi connectivity index (χ3v) is 4.65. The molecule has 0 radical (unpaired) electrons. The van der Waals surface area contributed by atoms with Crippen LogP contribution >= 0.6 is 0 Å². The van der Waals surface area contributed by atoms with Crippen molar-refractivity contribution < 1.29 is 14.9 Å². The molecule has 25 heavy (non-hydrogen) atoms. The molecule has 0 saturated heterocycles. The SMILES string of the molecule is OCCN(Cc1ccccc1)CC(O)COc1ccc2c(c1)CCC2. The van der Waals surface area contributed by atoms with Gasteiger partial charge in [-0.15, -0.1) is 0 Å². The molecule has 2 aromatic carbocycles. The van der Waals surface area contributed by atoms with Crippen LogP contribution in [0.4, 0.5) is 0 Å². The van der Waals surface area contributed by atoms with Gasteiger partial charge in [-0.1, -0.05) is 36.4 Å². The van der Waals surface area contributed by atoms with E-state index < -0.39 is 6.10 Å². The van der Waals surface area contributed by atoms with Gasteiger partial charge in [-0.25, -0.2) is 0 Å². The number of benzene rings is 2. The quantitative estimate of drug-likeness (QED) is 0.735. The molecule has 3 rings (SSSR count). The Bertz CT molecular complexity index is 659. The van der Waals surface area contributed by atoms with Crippen LogP contribution in [0.25, 0.3) is 0 Å². The second kappa shape index (κ2) is 8.99. The van der Waals surface area contributed by atoms with E-state index in [1.165, 1.54) is 23.1 Å². The van der Waals surface area contributed by atoms with Crippen LogP contribution in [-0.4, -0.2) is 47.5 Å². The van der Waals surface area contributed by atoms with Crippen LogP contribution < -0.4 is 4.74 Å². The van der Waals surface area contributed by atoms with Crippen LogP contribution in [0.15, 0.2) is 48.5 Å². The van der Waals surface area contributed by atoms with Crippen molar-refractivity contribution in [3.8, 4) is 5.75 Å². The molecule has 1 aliphatic carbocycles. The Labute approximate surface area is 149 Å². The molecule has 1 aliphatic rings. The van der Waals surface area contributed by atoms with Crippen LogP contribution in [0, 0.1) is 0 Å². The Morgan fingerprint density at radius 2 is 1.84 bits per heavy atom. The summed E-state index contributed by atoms with van der Waals surface area (Å²) in [5.41, 5.74) is 3.96. The highest BCUT2D eigenvalue weighted by Gasteiger charge is 2.14. The lowest BCUT2D eigenvalue weighted by molar-refractivity contribution is 0.0590. The first-order valence-corrected chi connectivity index (χ1v) is 9.04. The first kappa shape index (κ1) is 17.9. The zero-order chi connectivity index (χ0) is 17.5. The van der Waals surface area contributed by atoms with Crippen molar-refractivity contribution in [3.63, 3.8) is 0 Å². The standard InChI is InChI=1S/C21H27NO3/c23-12-11-22(14-17-5-2-1-3-6-17)15-20(24)16-25-21-10-9-18-7-4-8-19(18)13-21/h1-3,5-6,9-10,13,20,23-24H,4,7-8,11-12,14-16H2. The van der Waals surface area contributed by atoms with Crippen LogP contribution in [0.1, 0.15) is 23.1 Å². The lowest BCUT2D eigenvalue weighted by Crippen LogP contribution is -2.37. The molecule has 0 saturated carbocycles. The normalized spacial score (nSPS) is 14.5. The molecular formula is C21H27NO3. The van der Waals surface area contributed by atoms with Gasteiger partial charge in [-0.05, 0) is 48.1 Å². The molecule has 0 aromatic heterocycles. The van der Waals surface area contributed by atoms with Crippen molar-refractivity contribution in [2.45, 2.75) is 31.9 Å². The second-order valence-electron chi connectivity index (χ2n) is 6.69. The van der Waals surface area contributed by atoms with Gasteiger partial charge >= 0.3 is 0 Å². The maximum absolute atomic E-state index is 10.3. The highest BCUT2D eigenvalue weighted by atomic mass is 16.5. The Kier molecular flexibility index (Phi) is 6.45. The average molecular weight is 341 g/mol. The zero-order valence-electron chi connectivity index (χ0n) is 14.6. The third kappa shape index (κ3) is 5.30. The minimum atomic E-state index is -0.594. The minimum absolute atomic E-state index is 0.0746. The van der Waals surface area contributed by atoms with Gasteiger partial charge in [0.05, 0.1) is 6.61 Å². The number of hydrogen-bond donors (Lipinski definition) is 2. The Morgan fingerprint density at radius 1 is 1.04 bits per heavy atom. The summed E-state index contributed by atoms with van der Waals surface area (Å²) in [6.07, 6.45) is 2.91. The van der Waals surface area contributed by atoms with E-state index in [0.717, 1.165) is 18.6 Å².